The topological polar surface area (TPSA) is 54.3 Å². The largest absolute Gasteiger partial charge is 0.469 e. The number of furan rings is 1. The van der Waals surface area contributed by atoms with Crippen LogP contribution in [0.2, 0.25) is 0 Å². The van der Waals surface area contributed by atoms with Gasteiger partial charge in [0.2, 0.25) is 5.91 Å². The maximum absolute atomic E-state index is 11.9. The summed E-state index contributed by atoms with van der Waals surface area (Å²) in [7, 11) is 0. The normalized spacial score (nSPS) is 12.1. The molecule has 112 valence electrons. The zero-order chi connectivity index (χ0) is 15.1. The summed E-state index contributed by atoms with van der Waals surface area (Å²) in [6.07, 6.45) is 3.48. The molecule has 1 unspecified atom stereocenters. The van der Waals surface area contributed by atoms with Gasteiger partial charge in [-0.15, -0.1) is 0 Å². The summed E-state index contributed by atoms with van der Waals surface area (Å²) >= 11 is 3.38. The summed E-state index contributed by atoms with van der Waals surface area (Å²) in [5, 5.41) is 6.07. The fraction of sp³-hybridized carbons (Fsp3) is 0.312. The molecule has 0 fully saturated rings. The first kappa shape index (κ1) is 15.8. The number of hydrogen-bond donors (Lipinski definition) is 2. The lowest BCUT2D eigenvalue weighted by Gasteiger charge is -2.13. The monoisotopic (exact) mass is 350 g/mol. The number of carbonyl (C=O) groups excluding carboxylic acids is 1. The number of aryl methyl sites for hydroxylation is 1. The second kappa shape index (κ2) is 8.00. The minimum atomic E-state index is -0.0436. The molecular formula is C16H19BrN2O2. The number of amides is 1. The van der Waals surface area contributed by atoms with Crippen molar-refractivity contribution in [3.05, 3.63) is 52.9 Å². The summed E-state index contributed by atoms with van der Waals surface area (Å²) in [5.74, 6) is 0.931. The van der Waals surface area contributed by atoms with Crippen molar-refractivity contribution in [2.75, 3.05) is 11.9 Å². The molecule has 0 aliphatic carbocycles. The third-order valence-corrected chi connectivity index (χ3v) is 3.62. The van der Waals surface area contributed by atoms with Crippen molar-refractivity contribution in [1.29, 1.82) is 0 Å². The van der Waals surface area contributed by atoms with Crippen LogP contribution in [0.4, 0.5) is 5.69 Å². The lowest BCUT2D eigenvalue weighted by Crippen LogP contribution is -2.34. The highest BCUT2D eigenvalue weighted by Crippen LogP contribution is 2.15. The standard InChI is InChI=1S/C16H19BrN2O2/c1-12(7-8-15-6-3-9-21-15)18-11-16(20)19-14-5-2-4-13(17)10-14/h2-6,9-10,12,18H,7-8,11H2,1H3,(H,19,20). The predicted octanol–water partition coefficient (Wildman–Crippen LogP) is 3.59. The molecule has 21 heavy (non-hydrogen) atoms. The van der Waals surface area contributed by atoms with Gasteiger partial charge in [0.05, 0.1) is 12.8 Å². The first-order valence-electron chi connectivity index (χ1n) is 6.94. The van der Waals surface area contributed by atoms with E-state index in [1.807, 2.05) is 36.4 Å². The molecule has 0 aliphatic rings. The molecular weight excluding hydrogens is 332 g/mol. The van der Waals surface area contributed by atoms with E-state index in [4.69, 9.17) is 4.42 Å². The molecule has 4 nitrogen and oxygen atoms in total. The van der Waals surface area contributed by atoms with Crippen molar-refractivity contribution in [2.24, 2.45) is 0 Å². The Morgan fingerprint density at radius 2 is 2.19 bits per heavy atom. The summed E-state index contributed by atoms with van der Waals surface area (Å²) in [5.41, 5.74) is 0.791. The van der Waals surface area contributed by atoms with Crippen molar-refractivity contribution >= 4 is 27.5 Å². The Hall–Kier alpha value is -1.59. The minimum absolute atomic E-state index is 0.0436. The molecule has 2 N–H and O–H groups in total. The van der Waals surface area contributed by atoms with E-state index in [2.05, 4.69) is 33.5 Å². The summed E-state index contributed by atoms with van der Waals surface area (Å²) in [4.78, 5) is 11.9. The number of hydrogen-bond acceptors (Lipinski definition) is 3. The van der Waals surface area contributed by atoms with Gasteiger partial charge >= 0.3 is 0 Å². The first-order valence-corrected chi connectivity index (χ1v) is 7.74. The van der Waals surface area contributed by atoms with Crippen LogP contribution in [0.25, 0.3) is 0 Å². The van der Waals surface area contributed by atoms with Crippen LogP contribution < -0.4 is 10.6 Å². The van der Waals surface area contributed by atoms with E-state index in [0.717, 1.165) is 28.8 Å². The van der Waals surface area contributed by atoms with Gasteiger partial charge in [0, 0.05) is 22.6 Å². The Labute approximate surface area is 133 Å². The van der Waals surface area contributed by atoms with Crippen molar-refractivity contribution in [3.8, 4) is 0 Å². The third kappa shape index (κ3) is 5.73. The van der Waals surface area contributed by atoms with E-state index in [1.165, 1.54) is 0 Å². The van der Waals surface area contributed by atoms with Crippen molar-refractivity contribution in [2.45, 2.75) is 25.8 Å². The van der Waals surface area contributed by atoms with Gasteiger partial charge in [-0.2, -0.15) is 0 Å². The lowest BCUT2D eigenvalue weighted by molar-refractivity contribution is -0.115. The van der Waals surface area contributed by atoms with Crippen LogP contribution in [0, 0.1) is 0 Å². The van der Waals surface area contributed by atoms with E-state index >= 15 is 0 Å². The SMILES string of the molecule is CC(CCc1ccco1)NCC(=O)Nc1cccc(Br)c1. The number of halogens is 1. The van der Waals surface area contributed by atoms with Crippen LogP contribution in [0.15, 0.2) is 51.6 Å². The maximum Gasteiger partial charge on any atom is 0.238 e. The predicted molar refractivity (Wildman–Crippen MR) is 87.3 cm³/mol. The van der Waals surface area contributed by atoms with E-state index in [9.17, 15) is 4.79 Å². The molecule has 0 spiro atoms. The van der Waals surface area contributed by atoms with Crippen LogP contribution >= 0.6 is 15.9 Å². The Kier molecular flexibility index (Phi) is 6.02. The molecule has 1 aromatic heterocycles. The molecule has 5 heteroatoms. The molecule has 1 heterocycles. The molecule has 0 saturated carbocycles. The molecule has 0 saturated heterocycles. The van der Waals surface area contributed by atoms with Gasteiger partial charge in [-0.1, -0.05) is 22.0 Å². The van der Waals surface area contributed by atoms with Gasteiger partial charge in [-0.05, 0) is 43.7 Å². The Morgan fingerprint density at radius 3 is 2.90 bits per heavy atom. The van der Waals surface area contributed by atoms with Gasteiger partial charge < -0.3 is 15.1 Å². The highest BCUT2D eigenvalue weighted by molar-refractivity contribution is 9.10. The Bertz CT molecular complexity index is 569. The molecule has 2 aromatic rings. The number of anilines is 1. The van der Waals surface area contributed by atoms with Crippen molar-refractivity contribution in [1.82, 2.24) is 5.32 Å². The lowest BCUT2D eigenvalue weighted by atomic mass is 10.1. The number of nitrogens with one attached hydrogen (secondary N) is 2. The van der Waals surface area contributed by atoms with E-state index < -0.39 is 0 Å². The van der Waals surface area contributed by atoms with Crippen LogP contribution in [-0.4, -0.2) is 18.5 Å². The van der Waals surface area contributed by atoms with Crippen LogP contribution in [0.3, 0.4) is 0 Å². The van der Waals surface area contributed by atoms with Crippen LogP contribution in [0.5, 0.6) is 0 Å². The van der Waals surface area contributed by atoms with E-state index in [0.29, 0.717) is 6.54 Å². The molecule has 1 aromatic carbocycles. The van der Waals surface area contributed by atoms with Gasteiger partial charge in [0.1, 0.15) is 5.76 Å². The summed E-state index contributed by atoms with van der Waals surface area (Å²) in [6, 6.07) is 11.7. The number of benzene rings is 1. The highest BCUT2D eigenvalue weighted by atomic mass is 79.9. The van der Waals surface area contributed by atoms with Crippen LogP contribution in [-0.2, 0) is 11.2 Å². The zero-order valence-corrected chi connectivity index (χ0v) is 13.5. The van der Waals surface area contributed by atoms with Gasteiger partial charge in [0.25, 0.3) is 0 Å². The van der Waals surface area contributed by atoms with Crippen LogP contribution in [0.1, 0.15) is 19.1 Å². The van der Waals surface area contributed by atoms with Gasteiger partial charge in [-0.25, -0.2) is 0 Å². The second-order valence-corrected chi connectivity index (χ2v) is 5.87. The molecule has 0 bridgehead atoms. The quantitative estimate of drug-likeness (QED) is 0.802. The second-order valence-electron chi connectivity index (χ2n) is 4.96. The van der Waals surface area contributed by atoms with Crippen molar-refractivity contribution in [3.63, 3.8) is 0 Å². The molecule has 1 atom stereocenters. The van der Waals surface area contributed by atoms with Crippen molar-refractivity contribution < 1.29 is 9.21 Å². The number of carbonyl (C=O) groups is 1. The average molecular weight is 351 g/mol. The van der Waals surface area contributed by atoms with E-state index in [-0.39, 0.29) is 11.9 Å². The average Bonchev–Trinajstić information content (AvgIpc) is 2.96. The summed E-state index contributed by atoms with van der Waals surface area (Å²) in [6.45, 7) is 2.36. The maximum atomic E-state index is 11.9. The summed E-state index contributed by atoms with van der Waals surface area (Å²) < 4.78 is 6.23. The minimum Gasteiger partial charge on any atom is -0.469 e. The molecule has 2 rings (SSSR count). The zero-order valence-electron chi connectivity index (χ0n) is 11.9. The fourth-order valence-corrected chi connectivity index (χ4v) is 2.35. The smallest absolute Gasteiger partial charge is 0.238 e. The highest BCUT2D eigenvalue weighted by Gasteiger charge is 2.07. The number of rotatable bonds is 7. The molecule has 0 aliphatic heterocycles. The Morgan fingerprint density at radius 1 is 1.33 bits per heavy atom. The molecule has 0 radical (unpaired) electrons. The molecule has 1 amide bonds. The first-order chi connectivity index (χ1) is 10.1. The Balaban J connectivity index is 1.68. The fourth-order valence-electron chi connectivity index (χ4n) is 1.95. The van der Waals surface area contributed by atoms with Gasteiger partial charge in [0.15, 0.2) is 0 Å². The van der Waals surface area contributed by atoms with E-state index in [1.54, 1.807) is 6.26 Å². The third-order valence-electron chi connectivity index (χ3n) is 3.12. The van der Waals surface area contributed by atoms with Gasteiger partial charge in [-0.3, -0.25) is 4.79 Å².